The van der Waals surface area contributed by atoms with Crippen molar-refractivity contribution in [2.24, 2.45) is 0 Å². The van der Waals surface area contributed by atoms with Crippen molar-refractivity contribution < 1.29 is 22.4 Å². The molecule has 0 bridgehead atoms. The minimum atomic E-state index is -4.40. The molecule has 0 spiro atoms. The molecule has 1 aromatic carbocycles. The maximum absolute atomic E-state index is 14.0. The van der Waals surface area contributed by atoms with Crippen LogP contribution < -0.4 is 10.0 Å². The van der Waals surface area contributed by atoms with Crippen LogP contribution in [0, 0.1) is 5.82 Å². The molecule has 0 saturated heterocycles. The first-order chi connectivity index (χ1) is 14.3. The summed E-state index contributed by atoms with van der Waals surface area (Å²) in [4.78, 5) is 33.0. The Morgan fingerprint density at radius 3 is 1.90 bits per heavy atom. The van der Waals surface area contributed by atoms with Gasteiger partial charge in [0.25, 0.3) is 11.1 Å². The first kappa shape index (κ1) is 24.2. The average Bonchev–Trinajstić information content (AvgIpc) is 2.67. The van der Waals surface area contributed by atoms with Gasteiger partial charge in [-0.25, -0.2) is 23.9 Å². The van der Waals surface area contributed by atoms with Crippen LogP contribution in [0.2, 0.25) is 0 Å². The van der Waals surface area contributed by atoms with E-state index in [9.17, 15) is 22.4 Å². The lowest BCUT2D eigenvalue weighted by atomic mass is 9.92. The smallest absolute Gasteiger partial charge is 0.333 e. The number of nitrogens with one attached hydrogen (secondary N) is 2. The van der Waals surface area contributed by atoms with Gasteiger partial charge >= 0.3 is 16.1 Å². The first-order valence-electron chi connectivity index (χ1n) is 9.54. The molecule has 0 unspecified atom stereocenters. The maximum atomic E-state index is 14.0. The van der Waals surface area contributed by atoms with Gasteiger partial charge in [0.1, 0.15) is 5.82 Å². The molecule has 9 nitrogen and oxygen atoms in total. The second kappa shape index (κ2) is 9.38. The molecule has 0 aliphatic rings. The van der Waals surface area contributed by atoms with Crippen molar-refractivity contribution >= 4 is 27.6 Å². The third kappa shape index (κ3) is 5.75. The topological polar surface area (TPSA) is 121 Å². The highest BCUT2D eigenvalue weighted by Crippen LogP contribution is 2.33. The summed E-state index contributed by atoms with van der Waals surface area (Å²) in [7, 11) is -1.33. The second-order valence-electron chi connectivity index (χ2n) is 7.78. The third-order valence-electron chi connectivity index (χ3n) is 4.40. The van der Waals surface area contributed by atoms with E-state index < -0.39 is 32.9 Å². The first-order valence-corrected chi connectivity index (χ1v) is 11.0. The molecule has 0 aliphatic heterocycles. The summed E-state index contributed by atoms with van der Waals surface area (Å²) in [5.41, 5.74) is 1.54. The highest BCUT2D eigenvalue weighted by Gasteiger charge is 2.24. The van der Waals surface area contributed by atoms with Gasteiger partial charge in [-0.15, -0.1) is 0 Å². The van der Waals surface area contributed by atoms with Gasteiger partial charge < -0.3 is 10.2 Å². The number of anilines is 1. The van der Waals surface area contributed by atoms with Crippen molar-refractivity contribution in [1.29, 1.82) is 0 Å². The Hall–Kier alpha value is -3.08. The number of hydrogen-bond acceptors (Lipinski definition) is 6. The van der Waals surface area contributed by atoms with Gasteiger partial charge in [-0.2, -0.15) is 8.42 Å². The van der Waals surface area contributed by atoms with Crippen LogP contribution in [-0.4, -0.2) is 49.3 Å². The number of halogens is 1. The zero-order valence-corrected chi connectivity index (χ0v) is 19.0. The van der Waals surface area contributed by atoms with Gasteiger partial charge in [0.05, 0.1) is 5.56 Å². The number of urea groups is 1. The van der Waals surface area contributed by atoms with Crippen molar-refractivity contribution in [2.75, 3.05) is 19.4 Å². The van der Waals surface area contributed by atoms with Crippen molar-refractivity contribution in [3.63, 3.8) is 0 Å². The van der Waals surface area contributed by atoms with Crippen LogP contribution in [0.3, 0.4) is 0 Å². The number of aromatic nitrogens is 2. The normalized spacial score (nSPS) is 11.5. The number of sulfonamides is 1. The van der Waals surface area contributed by atoms with Gasteiger partial charge in [0.15, 0.2) is 0 Å². The van der Waals surface area contributed by atoms with E-state index in [4.69, 9.17) is 0 Å². The largest absolute Gasteiger partial charge is 0.345 e. The third-order valence-corrected chi connectivity index (χ3v) is 5.54. The quantitative estimate of drug-likeness (QED) is 0.651. The lowest BCUT2D eigenvalue weighted by Gasteiger charge is -2.20. The number of amides is 3. The summed E-state index contributed by atoms with van der Waals surface area (Å²) in [5, 5.41) is 1.87. The highest BCUT2D eigenvalue weighted by molar-refractivity contribution is 7.89. The summed E-state index contributed by atoms with van der Waals surface area (Å²) in [6, 6.07) is 1.58. The molecule has 1 heterocycles. The minimum absolute atomic E-state index is 0.0999. The molecule has 2 N–H and O–H groups in total. The molecule has 2 rings (SSSR count). The zero-order valence-electron chi connectivity index (χ0n) is 18.2. The Bertz CT molecular complexity index is 1050. The van der Waals surface area contributed by atoms with E-state index in [1.807, 2.05) is 32.4 Å². The fraction of sp³-hybridized carbons (Fsp3) is 0.400. The van der Waals surface area contributed by atoms with E-state index in [1.54, 1.807) is 0 Å². The van der Waals surface area contributed by atoms with Gasteiger partial charge in [-0.1, -0.05) is 27.7 Å². The van der Waals surface area contributed by atoms with Crippen LogP contribution in [0.4, 0.5) is 14.9 Å². The molecular weight excluding hydrogens is 425 g/mol. The SMILES string of the molecule is CC(C)c1cc(F)cc(C(C)C)c1NC(=O)NS(=O)(=O)c1ncc(C(=O)N(C)C)cn1. The predicted octanol–water partition coefficient (Wildman–Crippen LogP) is 3.07. The molecule has 3 amide bonds. The Balaban J connectivity index is 2.29. The van der Waals surface area contributed by atoms with Gasteiger partial charge in [-0.05, 0) is 35.1 Å². The number of hydrogen-bond donors (Lipinski definition) is 2. The van der Waals surface area contributed by atoms with Gasteiger partial charge in [-0.3, -0.25) is 4.79 Å². The highest BCUT2D eigenvalue weighted by atomic mass is 32.2. The number of carbonyl (C=O) groups excluding carboxylic acids is 2. The number of benzene rings is 1. The maximum Gasteiger partial charge on any atom is 0.333 e. The molecular formula is C20H26FN5O4S. The van der Waals surface area contributed by atoms with Crippen molar-refractivity contribution in [2.45, 2.75) is 44.7 Å². The molecule has 31 heavy (non-hydrogen) atoms. The lowest BCUT2D eigenvalue weighted by Crippen LogP contribution is -2.36. The molecule has 11 heteroatoms. The summed E-state index contributed by atoms with van der Waals surface area (Å²) in [6.07, 6.45) is 2.13. The monoisotopic (exact) mass is 451 g/mol. The van der Waals surface area contributed by atoms with Crippen LogP contribution in [0.15, 0.2) is 29.7 Å². The van der Waals surface area contributed by atoms with Crippen LogP contribution in [0.1, 0.15) is 61.0 Å². The van der Waals surface area contributed by atoms with E-state index in [0.717, 1.165) is 12.4 Å². The standard InChI is InChI=1S/C20H26FN5O4S/c1-11(2)15-7-14(21)8-16(12(3)4)17(15)24-19(28)25-31(29,30)20-22-9-13(10-23-20)18(27)26(5)6/h7-12H,1-6H3,(H2,24,25,28). The Morgan fingerprint density at radius 1 is 1.00 bits per heavy atom. The van der Waals surface area contributed by atoms with Gasteiger partial charge in [0, 0.05) is 32.2 Å². The summed E-state index contributed by atoms with van der Waals surface area (Å²) in [5.74, 6) is -1.07. The Labute approximate surface area is 181 Å². The number of nitrogens with zero attached hydrogens (tertiary/aromatic N) is 3. The van der Waals surface area contributed by atoms with Crippen LogP contribution >= 0.6 is 0 Å². The molecule has 2 aromatic rings. The lowest BCUT2D eigenvalue weighted by molar-refractivity contribution is 0.0826. The summed E-state index contributed by atoms with van der Waals surface area (Å²) < 4.78 is 40.9. The molecule has 0 radical (unpaired) electrons. The summed E-state index contributed by atoms with van der Waals surface area (Å²) in [6.45, 7) is 7.35. The van der Waals surface area contributed by atoms with E-state index in [0.29, 0.717) is 16.8 Å². The minimum Gasteiger partial charge on any atom is -0.345 e. The van der Waals surface area contributed by atoms with Crippen LogP contribution in [0.25, 0.3) is 0 Å². The molecule has 1 aromatic heterocycles. The van der Waals surface area contributed by atoms with E-state index in [-0.39, 0.29) is 17.4 Å². The summed E-state index contributed by atoms with van der Waals surface area (Å²) >= 11 is 0. The number of carbonyl (C=O) groups is 2. The average molecular weight is 452 g/mol. The Kier molecular flexibility index (Phi) is 7.32. The van der Waals surface area contributed by atoms with E-state index in [1.165, 1.54) is 31.1 Å². The second-order valence-corrected chi connectivity index (χ2v) is 9.36. The van der Waals surface area contributed by atoms with Crippen molar-refractivity contribution in [3.05, 3.63) is 47.0 Å². The van der Waals surface area contributed by atoms with E-state index in [2.05, 4.69) is 15.3 Å². The van der Waals surface area contributed by atoms with Gasteiger partial charge in [0.2, 0.25) is 0 Å². The van der Waals surface area contributed by atoms with Crippen LogP contribution in [0.5, 0.6) is 0 Å². The zero-order chi connectivity index (χ0) is 23.5. The molecule has 0 atom stereocenters. The molecule has 168 valence electrons. The fourth-order valence-electron chi connectivity index (χ4n) is 2.84. The van der Waals surface area contributed by atoms with Crippen LogP contribution in [-0.2, 0) is 10.0 Å². The molecule has 0 fully saturated rings. The molecule has 0 saturated carbocycles. The molecule has 0 aliphatic carbocycles. The van der Waals surface area contributed by atoms with E-state index >= 15 is 0 Å². The fourth-order valence-corrected chi connectivity index (χ4v) is 3.60. The predicted molar refractivity (Wildman–Crippen MR) is 114 cm³/mol. The Morgan fingerprint density at radius 2 is 1.48 bits per heavy atom. The number of rotatable bonds is 6. The van der Waals surface area contributed by atoms with Crippen molar-refractivity contribution in [3.8, 4) is 0 Å². The van der Waals surface area contributed by atoms with Crippen molar-refractivity contribution in [1.82, 2.24) is 19.6 Å².